The first kappa shape index (κ1) is 11.5. The third-order valence-corrected chi connectivity index (χ3v) is 2.99. The van der Waals surface area contributed by atoms with Crippen LogP contribution in [0.2, 0.25) is 0 Å². The van der Waals surface area contributed by atoms with Crippen LogP contribution in [0.1, 0.15) is 5.69 Å². The van der Waals surface area contributed by atoms with Gasteiger partial charge in [-0.25, -0.2) is 5.10 Å². The maximum Gasteiger partial charge on any atom is 0.246 e. The molecule has 1 amide bonds. The van der Waals surface area contributed by atoms with Crippen molar-refractivity contribution in [1.82, 2.24) is 19.7 Å². The smallest absolute Gasteiger partial charge is 0.246 e. The standard InChI is InChI=1S/C13H13N5O/c1-9-6-10-4-2-3-5-11(10)18(9)7-12(19)16-13-14-8-15-17-13/h2-6,8H,7H2,1H3,(H2,14,15,16,17,19). The minimum Gasteiger partial charge on any atom is -0.335 e. The number of aryl methyl sites for hydroxylation is 1. The molecular weight excluding hydrogens is 242 g/mol. The summed E-state index contributed by atoms with van der Waals surface area (Å²) in [5.74, 6) is 0.223. The summed E-state index contributed by atoms with van der Waals surface area (Å²) in [6, 6.07) is 10.1. The largest absolute Gasteiger partial charge is 0.335 e. The summed E-state index contributed by atoms with van der Waals surface area (Å²) in [6.07, 6.45) is 1.35. The number of H-pyrrole nitrogens is 1. The molecule has 0 aliphatic heterocycles. The maximum atomic E-state index is 12.0. The van der Waals surface area contributed by atoms with Crippen LogP contribution in [0.15, 0.2) is 36.7 Å². The highest BCUT2D eigenvalue weighted by Gasteiger charge is 2.10. The monoisotopic (exact) mass is 255 g/mol. The average Bonchev–Trinajstić information content (AvgIpc) is 2.99. The summed E-state index contributed by atoms with van der Waals surface area (Å²) in [5, 5.41) is 10.1. The molecule has 0 aliphatic carbocycles. The highest BCUT2D eigenvalue weighted by atomic mass is 16.2. The van der Waals surface area contributed by atoms with Crippen molar-refractivity contribution in [2.75, 3.05) is 5.32 Å². The predicted octanol–water partition coefficient (Wildman–Crippen LogP) is 1.71. The number of hydrogen-bond donors (Lipinski definition) is 2. The Balaban J connectivity index is 1.85. The minimum atomic E-state index is -0.138. The first-order valence-electron chi connectivity index (χ1n) is 5.94. The molecule has 96 valence electrons. The number of carbonyl (C=O) groups excluding carboxylic acids is 1. The molecule has 0 spiro atoms. The van der Waals surface area contributed by atoms with E-state index in [2.05, 4.69) is 26.6 Å². The van der Waals surface area contributed by atoms with Gasteiger partial charge in [-0.3, -0.25) is 10.1 Å². The summed E-state index contributed by atoms with van der Waals surface area (Å²) in [7, 11) is 0. The molecule has 0 bridgehead atoms. The topological polar surface area (TPSA) is 75.6 Å². The zero-order valence-electron chi connectivity index (χ0n) is 10.4. The molecule has 6 heteroatoms. The van der Waals surface area contributed by atoms with Gasteiger partial charge in [0.25, 0.3) is 0 Å². The zero-order valence-corrected chi connectivity index (χ0v) is 10.4. The fourth-order valence-corrected chi connectivity index (χ4v) is 2.14. The van der Waals surface area contributed by atoms with Crippen LogP contribution in [0.25, 0.3) is 10.9 Å². The van der Waals surface area contributed by atoms with E-state index in [1.165, 1.54) is 6.33 Å². The number of anilines is 1. The fourth-order valence-electron chi connectivity index (χ4n) is 2.14. The summed E-state index contributed by atoms with van der Waals surface area (Å²) >= 11 is 0. The van der Waals surface area contributed by atoms with Gasteiger partial charge in [0.15, 0.2) is 0 Å². The summed E-state index contributed by atoms with van der Waals surface area (Å²) in [6.45, 7) is 2.24. The van der Waals surface area contributed by atoms with Gasteiger partial charge in [0, 0.05) is 11.2 Å². The van der Waals surface area contributed by atoms with E-state index in [9.17, 15) is 4.79 Å². The van der Waals surface area contributed by atoms with E-state index >= 15 is 0 Å². The third-order valence-electron chi connectivity index (χ3n) is 2.99. The van der Waals surface area contributed by atoms with Crippen molar-refractivity contribution < 1.29 is 4.79 Å². The number of fused-ring (bicyclic) bond motifs is 1. The Labute approximate surface area is 109 Å². The molecular formula is C13H13N5O. The molecule has 19 heavy (non-hydrogen) atoms. The lowest BCUT2D eigenvalue weighted by Crippen LogP contribution is -2.20. The molecule has 2 heterocycles. The second kappa shape index (κ2) is 4.56. The summed E-state index contributed by atoms with van der Waals surface area (Å²) < 4.78 is 1.97. The Hall–Kier alpha value is -2.63. The summed E-state index contributed by atoms with van der Waals surface area (Å²) in [4.78, 5) is 15.8. The highest BCUT2D eigenvalue weighted by molar-refractivity contribution is 5.90. The van der Waals surface area contributed by atoms with E-state index in [1.807, 2.05) is 35.8 Å². The van der Waals surface area contributed by atoms with Crippen molar-refractivity contribution in [3.8, 4) is 0 Å². The second-order valence-electron chi connectivity index (χ2n) is 4.31. The lowest BCUT2D eigenvalue weighted by Gasteiger charge is -2.07. The van der Waals surface area contributed by atoms with Gasteiger partial charge >= 0.3 is 0 Å². The molecule has 0 saturated carbocycles. The number of amides is 1. The molecule has 0 saturated heterocycles. The van der Waals surface area contributed by atoms with Crippen molar-refractivity contribution in [2.45, 2.75) is 13.5 Å². The Bertz CT molecular complexity index is 714. The fraction of sp³-hybridized carbons (Fsp3) is 0.154. The number of nitrogens with one attached hydrogen (secondary N) is 2. The molecule has 0 radical (unpaired) electrons. The average molecular weight is 255 g/mol. The van der Waals surface area contributed by atoms with E-state index in [4.69, 9.17) is 0 Å². The molecule has 6 nitrogen and oxygen atoms in total. The normalized spacial score (nSPS) is 10.8. The van der Waals surface area contributed by atoms with Crippen molar-refractivity contribution in [3.05, 3.63) is 42.4 Å². The SMILES string of the molecule is Cc1cc2ccccc2n1CC(=O)Nc1ncn[nH]1. The maximum absolute atomic E-state index is 12.0. The first-order chi connectivity index (χ1) is 9.24. The van der Waals surface area contributed by atoms with Crippen LogP contribution in [0.4, 0.5) is 5.95 Å². The Morgan fingerprint density at radius 1 is 1.42 bits per heavy atom. The van der Waals surface area contributed by atoms with Gasteiger partial charge in [-0.2, -0.15) is 10.1 Å². The molecule has 2 N–H and O–H groups in total. The Morgan fingerprint density at radius 3 is 3.05 bits per heavy atom. The first-order valence-corrected chi connectivity index (χ1v) is 5.94. The molecule has 0 atom stereocenters. The van der Waals surface area contributed by atoms with E-state index in [1.54, 1.807) is 0 Å². The van der Waals surface area contributed by atoms with Crippen molar-refractivity contribution >= 4 is 22.8 Å². The van der Waals surface area contributed by atoms with Gasteiger partial charge in [-0.05, 0) is 24.4 Å². The number of para-hydroxylation sites is 1. The van der Waals surface area contributed by atoms with Crippen LogP contribution < -0.4 is 5.32 Å². The molecule has 0 aliphatic rings. The summed E-state index contributed by atoms with van der Waals surface area (Å²) in [5.41, 5.74) is 2.10. The van der Waals surface area contributed by atoms with E-state index in [0.29, 0.717) is 5.95 Å². The number of rotatable bonds is 3. The number of nitrogens with zero attached hydrogens (tertiary/aromatic N) is 3. The number of carbonyl (C=O) groups is 1. The number of aromatic nitrogens is 4. The van der Waals surface area contributed by atoms with Crippen LogP contribution in [0.3, 0.4) is 0 Å². The van der Waals surface area contributed by atoms with Crippen LogP contribution >= 0.6 is 0 Å². The number of aromatic amines is 1. The van der Waals surface area contributed by atoms with Gasteiger partial charge in [-0.1, -0.05) is 18.2 Å². The van der Waals surface area contributed by atoms with Crippen LogP contribution in [0, 0.1) is 6.92 Å². The molecule has 3 aromatic rings. The van der Waals surface area contributed by atoms with Gasteiger partial charge in [-0.15, -0.1) is 0 Å². The third kappa shape index (κ3) is 2.20. The predicted molar refractivity (Wildman–Crippen MR) is 71.7 cm³/mol. The zero-order chi connectivity index (χ0) is 13.2. The lowest BCUT2D eigenvalue weighted by molar-refractivity contribution is -0.116. The second-order valence-corrected chi connectivity index (χ2v) is 4.31. The van der Waals surface area contributed by atoms with Crippen molar-refractivity contribution in [2.24, 2.45) is 0 Å². The molecule has 2 aromatic heterocycles. The Morgan fingerprint density at radius 2 is 2.26 bits per heavy atom. The molecule has 3 rings (SSSR count). The van der Waals surface area contributed by atoms with Crippen molar-refractivity contribution in [3.63, 3.8) is 0 Å². The molecule has 0 unspecified atom stereocenters. The van der Waals surface area contributed by atoms with Gasteiger partial charge in [0.1, 0.15) is 12.9 Å². The number of hydrogen-bond acceptors (Lipinski definition) is 3. The van der Waals surface area contributed by atoms with Gasteiger partial charge in [0.2, 0.25) is 11.9 Å². The highest BCUT2D eigenvalue weighted by Crippen LogP contribution is 2.18. The molecule has 1 aromatic carbocycles. The quantitative estimate of drug-likeness (QED) is 0.748. The van der Waals surface area contributed by atoms with Crippen LogP contribution in [0.5, 0.6) is 0 Å². The van der Waals surface area contributed by atoms with E-state index < -0.39 is 0 Å². The van der Waals surface area contributed by atoms with Crippen LogP contribution in [-0.4, -0.2) is 25.7 Å². The van der Waals surface area contributed by atoms with Gasteiger partial charge < -0.3 is 4.57 Å². The molecule has 0 fully saturated rings. The minimum absolute atomic E-state index is 0.138. The lowest BCUT2D eigenvalue weighted by atomic mass is 10.2. The van der Waals surface area contributed by atoms with E-state index in [-0.39, 0.29) is 12.5 Å². The van der Waals surface area contributed by atoms with Crippen LogP contribution in [-0.2, 0) is 11.3 Å². The van der Waals surface area contributed by atoms with Gasteiger partial charge in [0.05, 0.1) is 0 Å². The van der Waals surface area contributed by atoms with Crippen molar-refractivity contribution in [1.29, 1.82) is 0 Å². The number of benzene rings is 1. The van der Waals surface area contributed by atoms with E-state index in [0.717, 1.165) is 16.6 Å². The Kier molecular flexibility index (Phi) is 2.75.